The molecule has 27 heavy (non-hydrogen) atoms. The van der Waals surface area contributed by atoms with Crippen LogP contribution in [-0.2, 0) is 4.79 Å². The highest BCUT2D eigenvalue weighted by Crippen LogP contribution is 2.41. The summed E-state index contributed by atoms with van der Waals surface area (Å²) in [7, 11) is 0. The summed E-state index contributed by atoms with van der Waals surface area (Å²) in [4.78, 5) is 12.4. The molecule has 3 aromatic rings. The van der Waals surface area contributed by atoms with Gasteiger partial charge < -0.3 is 9.73 Å². The summed E-state index contributed by atoms with van der Waals surface area (Å²) in [5, 5.41) is 12.2. The number of benzene rings is 2. The molecule has 1 atom stereocenters. The number of carbonyl (C=O) groups excluding carboxylic acids is 1. The van der Waals surface area contributed by atoms with Crippen LogP contribution in [0.2, 0.25) is 5.02 Å². The van der Waals surface area contributed by atoms with E-state index in [0.717, 1.165) is 24.0 Å². The summed E-state index contributed by atoms with van der Waals surface area (Å²) in [6.45, 7) is 0. The van der Waals surface area contributed by atoms with Crippen LogP contribution in [0.3, 0.4) is 0 Å². The minimum Gasteiger partial charge on any atom is -0.411 e. The maximum absolute atomic E-state index is 12.4. The number of carbonyl (C=O) groups is 1. The first-order chi connectivity index (χ1) is 13.2. The quantitative estimate of drug-likeness (QED) is 0.580. The van der Waals surface area contributed by atoms with Gasteiger partial charge in [-0.15, -0.1) is 10.2 Å². The average molecular weight is 400 g/mol. The summed E-state index contributed by atoms with van der Waals surface area (Å²) >= 11 is 7.12. The molecule has 1 fully saturated rings. The SMILES string of the molecule is O=C(CSc1nnc(-c2ccc(Cl)cc2)o1)NC(c1ccccc1)C1CC1. The molecule has 0 spiro atoms. The van der Waals surface area contributed by atoms with Gasteiger partial charge >= 0.3 is 0 Å². The average Bonchev–Trinajstić information content (AvgIpc) is 3.43. The van der Waals surface area contributed by atoms with E-state index in [4.69, 9.17) is 16.0 Å². The molecule has 0 saturated heterocycles. The molecular formula is C20H18ClN3O2S. The number of hydrogen-bond donors (Lipinski definition) is 1. The maximum atomic E-state index is 12.4. The lowest BCUT2D eigenvalue weighted by atomic mass is 10.0. The van der Waals surface area contributed by atoms with E-state index in [9.17, 15) is 4.79 Å². The number of nitrogens with one attached hydrogen (secondary N) is 1. The molecule has 5 nitrogen and oxygen atoms in total. The van der Waals surface area contributed by atoms with Gasteiger partial charge in [-0.1, -0.05) is 53.7 Å². The molecule has 138 valence electrons. The summed E-state index contributed by atoms with van der Waals surface area (Å²) < 4.78 is 5.63. The number of aromatic nitrogens is 2. The number of thioether (sulfide) groups is 1. The first kappa shape index (κ1) is 18.1. The van der Waals surface area contributed by atoms with Gasteiger partial charge in [-0.3, -0.25) is 4.79 Å². The fraction of sp³-hybridized carbons (Fsp3) is 0.250. The third kappa shape index (κ3) is 4.70. The highest BCUT2D eigenvalue weighted by molar-refractivity contribution is 7.99. The second-order valence-corrected chi connectivity index (χ2v) is 7.83. The van der Waals surface area contributed by atoms with Crippen LogP contribution in [0.15, 0.2) is 64.2 Å². The van der Waals surface area contributed by atoms with E-state index in [-0.39, 0.29) is 17.7 Å². The molecule has 7 heteroatoms. The van der Waals surface area contributed by atoms with Crippen molar-refractivity contribution in [3.05, 3.63) is 65.2 Å². The Hall–Kier alpha value is -2.31. The zero-order valence-corrected chi connectivity index (χ0v) is 16.0. The molecule has 4 rings (SSSR count). The van der Waals surface area contributed by atoms with Gasteiger partial charge in [0.1, 0.15) is 0 Å². The van der Waals surface area contributed by atoms with Crippen LogP contribution >= 0.6 is 23.4 Å². The van der Waals surface area contributed by atoms with Crippen LogP contribution in [0.4, 0.5) is 0 Å². The van der Waals surface area contributed by atoms with Crippen molar-refractivity contribution in [2.45, 2.75) is 24.1 Å². The van der Waals surface area contributed by atoms with Gasteiger partial charge in [0.2, 0.25) is 11.8 Å². The molecule has 1 heterocycles. The van der Waals surface area contributed by atoms with Crippen molar-refractivity contribution in [3.8, 4) is 11.5 Å². The number of amides is 1. The van der Waals surface area contributed by atoms with Crippen LogP contribution in [0.25, 0.3) is 11.5 Å². The Kier molecular flexibility index (Phi) is 5.45. The molecule has 0 aliphatic heterocycles. The zero-order chi connectivity index (χ0) is 18.6. The Balaban J connectivity index is 1.34. The third-order valence-corrected chi connectivity index (χ3v) is 5.46. The Bertz CT molecular complexity index is 910. The van der Waals surface area contributed by atoms with E-state index in [2.05, 4.69) is 27.6 Å². The van der Waals surface area contributed by atoms with Gasteiger partial charge in [0, 0.05) is 10.6 Å². The van der Waals surface area contributed by atoms with E-state index in [1.54, 1.807) is 12.1 Å². The minimum atomic E-state index is -0.0352. The lowest BCUT2D eigenvalue weighted by Crippen LogP contribution is -2.31. The van der Waals surface area contributed by atoms with Gasteiger partial charge in [-0.25, -0.2) is 0 Å². The minimum absolute atomic E-state index is 0.0352. The van der Waals surface area contributed by atoms with Crippen LogP contribution in [-0.4, -0.2) is 21.9 Å². The second kappa shape index (κ2) is 8.15. The van der Waals surface area contributed by atoms with Crippen molar-refractivity contribution < 1.29 is 9.21 Å². The molecule has 1 aliphatic rings. The molecular weight excluding hydrogens is 382 g/mol. The Morgan fingerprint density at radius 2 is 1.89 bits per heavy atom. The lowest BCUT2D eigenvalue weighted by Gasteiger charge is -2.18. The molecule has 0 bridgehead atoms. The number of halogens is 1. The van der Waals surface area contributed by atoms with Crippen LogP contribution in [0, 0.1) is 5.92 Å². The van der Waals surface area contributed by atoms with E-state index in [1.807, 2.05) is 30.3 Å². The fourth-order valence-electron chi connectivity index (χ4n) is 2.88. The maximum Gasteiger partial charge on any atom is 0.277 e. The van der Waals surface area contributed by atoms with Crippen LogP contribution in [0.5, 0.6) is 0 Å². The predicted molar refractivity (Wildman–Crippen MR) is 106 cm³/mol. The summed E-state index contributed by atoms with van der Waals surface area (Å²) in [6, 6.07) is 17.4. The van der Waals surface area contributed by atoms with Crippen molar-refractivity contribution >= 4 is 29.3 Å². The van der Waals surface area contributed by atoms with Gasteiger partial charge in [0.15, 0.2) is 0 Å². The number of nitrogens with zero attached hydrogens (tertiary/aromatic N) is 2. The Morgan fingerprint density at radius 1 is 1.15 bits per heavy atom. The van der Waals surface area contributed by atoms with Crippen molar-refractivity contribution in [1.29, 1.82) is 0 Å². The van der Waals surface area contributed by atoms with Crippen molar-refractivity contribution in [1.82, 2.24) is 15.5 Å². The van der Waals surface area contributed by atoms with Crippen LogP contribution in [0.1, 0.15) is 24.4 Å². The van der Waals surface area contributed by atoms with Crippen molar-refractivity contribution in [3.63, 3.8) is 0 Å². The number of hydrogen-bond acceptors (Lipinski definition) is 5. The van der Waals surface area contributed by atoms with Gasteiger partial charge in [-0.2, -0.15) is 0 Å². The smallest absolute Gasteiger partial charge is 0.277 e. The third-order valence-electron chi connectivity index (χ3n) is 4.39. The Labute approximate surface area is 166 Å². The molecule has 2 aromatic carbocycles. The van der Waals surface area contributed by atoms with Gasteiger partial charge in [0.05, 0.1) is 11.8 Å². The van der Waals surface area contributed by atoms with Gasteiger partial charge in [-0.05, 0) is 48.6 Å². The van der Waals surface area contributed by atoms with Gasteiger partial charge in [0.25, 0.3) is 5.22 Å². The van der Waals surface area contributed by atoms with E-state index in [1.165, 1.54) is 11.8 Å². The first-order valence-electron chi connectivity index (χ1n) is 8.75. The van der Waals surface area contributed by atoms with Crippen molar-refractivity contribution in [2.24, 2.45) is 5.92 Å². The van der Waals surface area contributed by atoms with E-state index >= 15 is 0 Å². The molecule has 1 aromatic heterocycles. The van der Waals surface area contributed by atoms with E-state index in [0.29, 0.717) is 22.1 Å². The first-order valence-corrected chi connectivity index (χ1v) is 10.1. The highest BCUT2D eigenvalue weighted by atomic mass is 35.5. The molecule has 1 unspecified atom stereocenters. The predicted octanol–water partition coefficient (Wildman–Crippen LogP) is 4.75. The molecule has 0 radical (unpaired) electrons. The van der Waals surface area contributed by atoms with Crippen LogP contribution < -0.4 is 5.32 Å². The summed E-state index contributed by atoms with van der Waals surface area (Å²) in [5.74, 6) is 1.14. The largest absolute Gasteiger partial charge is 0.411 e. The standard InChI is InChI=1S/C20H18ClN3O2S/c21-16-10-8-15(9-11-16)19-23-24-20(26-19)27-12-17(25)22-18(14-6-7-14)13-4-2-1-3-5-13/h1-5,8-11,14,18H,6-7,12H2,(H,22,25). The zero-order valence-electron chi connectivity index (χ0n) is 14.5. The summed E-state index contributed by atoms with van der Waals surface area (Å²) in [6.07, 6.45) is 2.31. The fourth-order valence-corrected chi connectivity index (χ4v) is 3.58. The highest BCUT2D eigenvalue weighted by Gasteiger charge is 2.33. The van der Waals surface area contributed by atoms with Crippen molar-refractivity contribution in [2.75, 3.05) is 5.75 Å². The second-order valence-electron chi connectivity index (χ2n) is 6.46. The Morgan fingerprint density at radius 3 is 2.59 bits per heavy atom. The topological polar surface area (TPSA) is 68.0 Å². The normalized spacial score (nSPS) is 14.7. The molecule has 1 N–H and O–H groups in total. The number of rotatable bonds is 7. The lowest BCUT2D eigenvalue weighted by molar-refractivity contribution is -0.119. The monoisotopic (exact) mass is 399 g/mol. The molecule has 1 aliphatic carbocycles. The molecule has 1 amide bonds. The molecule has 1 saturated carbocycles. The summed E-state index contributed by atoms with van der Waals surface area (Å²) in [5.41, 5.74) is 1.95. The van der Waals surface area contributed by atoms with E-state index < -0.39 is 0 Å².